The Bertz CT molecular complexity index is 1150. The van der Waals surface area contributed by atoms with E-state index < -0.39 is 5.91 Å². The van der Waals surface area contributed by atoms with Gasteiger partial charge in [-0.25, -0.2) is 4.98 Å². The van der Waals surface area contributed by atoms with Gasteiger partial charge in [-0.05, 0) is 36.4 Å². The molecule has 136 valence electrons. The number of rotatable bonds is 4. The summed E-state index contributed by atoms with van der Waals surface area (Å²) in [6.07, 6.45) is 1.67. The number of aromatic nitrogens is 2. The Morgan fingerprint density at radius 3 is 2.14 bits per heavy atom. The number of pyridine rings is 2. The molecule has 0 saturated carbocycles. The van der Waals surface area contributed by atoms with Crippen molar-refractivity contribution in [2.24, 2.45) is 0 Å². The van der Waals surface area contributed by atoms with Gasteiger partial charge in [0.15, 0.2) is 0 Å². The zero-order chi connectivity index (χ0) is 19.3. The van der Waals surface area contributed by atoms with Gasteiger partial charge in [-0.3, -0.25) is 14.6 Å². The van der Waals surface area contributed by atoms with Crippen molar-refractivity contribution >= 4 is 34.1 Å². The van der Waals surface area contributed by atoms with Crippen LogP contribution in [0.2, 0.25) is 0 Å². The summed E-state index contributed by atoms with van der Waals surface area (Å²) < 4.78 is 0. The van der Waals surface area contributed by atoms with Crippen LogP contribution in [0.3, 0.4) is 0 Å². The van der Waals surface area contributed by atoms with Gasteiger partial charge in [-0.2, -0.15) is 0 Å². The van der Waals surface area contributed by atoms with Crippen LogP contribution < -0.4 is 10.6 Å². The van der Waals surface area contributed by atoms with Crippen LogP contribution in [0.1, 0.15) is 21.0 Å². The molecule has 2 N–H and O–H groups in total. The second-order valence-electron chi connectivity index (χ2n) is 6.06. The highest BCUT2D eigenvalue weighted by atomic mass is 16.2. The normalized spacial score (nSPS) is 10.4. The minimum absolute atomic E-state index is 0.147. The van der Waals surface area contributed by atoms with Crippen molar-refractivity contribution in [3.63, 3.8) is 0 Å². The zero-order valence-corrected chi connectivity index (χ0v) is 14.8. The molecule has 0 aliphatic rings. The van der Waals surface area contributed by atoms with Gasteiger partial charge in [0.25, 0.3) is 11.8 Å². The molecule has 4 aromatic rings. The molecule has 2 aromatic carbocycles. The third-order valence-corrected chi connectivity index (χ3v) is 4.13. The number of amides is 2. The molecule has 2 amide bonds. The number of hydrogen-bond acceptors (Lipinski definition) is 4. The third kappa shape index (κ3) is 3.71. The average Bonchev–Trinajstić information content (AvgIpc) is 2.75. The highest BCUT2D eigenvalue weighted by Crippen LogP contribution is 2.21. The fraction of sp³-hybridized carbons (Fsp3) is 0. The zero-order valence-electron chi connectivity index (χ0n) is 14.8. The van der Waals surface area contributed by atoms with Crippen molar-refractivity contribution in [2.75, 3.05) is 10.6 Å². The highest BCUT2D eigenvalue weighted by Gasteiger charge is 2.14. The quantitative estimate of drug-likeness (QED) is 0.567. The summed E-state index contributed by atoms with van der Waals surface area (Å²) in [6.45, 7) is 0. The number of carbonyl (C=O) groups is 2. The maximum atomic E-state index is 12.7. The topological polar surface area (TPSA) is 84.0 Å². The Hall–Kier alpha value is -4.06. The molecular formula is C22H16N4O2. The number of benzene rings is 2. The first-order valence-corrected chi connectivity index (χ1v) is 8.69. The SMILES string of the molecule is O=C(Nc1ccccc1)c1cccc(C(=O)Nc2cccc3cccnc23)n1. The van der Waals surface area contributed by atoms with E-state index in [0.717, 1.165) is 5.39 Å². The molecule has 4 rings (SSSR count). The fourth-order valence-corrected chi connectivity index (χ4v) is 2.80. The van der Waals surface area contributed by atoms with E-state index >= 15 is 0 Å². The summed E-state index contributed by atoms with van der Waals surface area (Å²) in [4.78, 5) is 33.6. The predicted molar refractivity (Wildman–Crippen MR) is 108 cm³/mol. The van der Waals surface area contributed by atoms with Gasteiger partial charge in [0, 0.05) is 17.3 Å². The number of anilines is 2. The van der Waals surface area contributed by atoms with Crippen LogP contribution in [-0.2, 0) is 0 Å². The van der Waals surface area contributed by atoms with E-state index in [0.29, 0.717) is 16.9 Å². The second kappa shape index (κ2) is 7.67. The Kier molecular flexibility index (Phi) is 4.76. The molecule has 2 aromatic heterocycles. The van der Waals surface area contributed by atoms with Gasteiger partial charge in [-0.1, -0.05) is 42.5 Å². The number of fused-ring (bicyclic) bond motifs is 1. The van der Waals surface area contributed by atoms with Crippen LogP contribution in [0, 0.1) is 0 Å². The number of para-hydroxylation sites is 2. The fourth-order valence-electron chi connectivity index (χ4n) is 2.80. The van der Waals surface area contributed by atoms with E-state index in [1.54, 1.807) is 42.6 Å². The summed E-state index contributed by atoms with van der Waals surface area (Å²) in [5.41, 5.74) is 2.24. The van der Waals surface area contributed by atoms with Gasteiger partial charge in [-0.15, -0.1) is 0 Å². The monoisotopic (exact) mass is 368 g/mol. The summed E-state index contributed by atoms with van der Waals surface area (Å²) in [6, 6.07) is 23.1. The lowest BCUT2D eigenvalue weighted by atomic mass is 10.2. The second-order valence-corrected chi connectivity index (χ2v) is 6.06. The van der Waals surface area contributed by atoms with E-state index in [2.05, 4.69) is 20.6 Å². The van der Waals surface area contributed by atoms with Gasteiger partial charge in [0.1, 0.15) is 11.4 Å². The number of hydrogen-bond donors (Lipinski definition) is 2. The van der Waals surface area contributed by atoms with Crippen molar-refractivity contribution in [1.29, 1.82) is 0 Å². The first-order valence-electron chi connectivity index (χ1n) is 8.69. The molecule has 0 saturated heterocycles. The molecule has 0 atom stereocenters. The molecule has 0 aliphatic heterocycles. The van der Waals surface area contributed by atoms with Crippen molar-refractivity contribution < 1.29 is 9.59 Å². The highest BCUT2D eigenvalue weighted by molar-refractivity contribution is 6.08. The van der Waals surface area contributed by atoms with Crippen molar-refractivity contribution in [3.8, 4) is 0 Å². The predicted octanol–water partition coefficient (Wildman–Crippen LogP) is 4.13. The van der Waals surface area contributed by atoms with Crippen LogP contribution in [-0.4, -0.2) is 21.8 Å². The maximum absolute atomic E-state index is 12.7. The van der Waals surface area contributed by atoms with E-state index in [4.69, 9.17) is 0 Å². The molecule has 0 aliphatic carbocycles. The summed E-state index contributed by atoms with van der Waals surface area (Å²) in [5, 5.41) is 6.50. The molecule has 0 unspecified atom stereocenters. The number of carbonyl (C=O) groups excluding carboxylic acids is 2. The van der Waals surface area contributed by atoms with Crippen LogP contribution in [0.5, 0.6) is 0 Å². The van der Waals surface area contributed by atoms with Crippen LogP contribution in [0.15, 0.2) is 85.1 Å². The van der Waals surface area contributed by atoms with Crippen LogP contribution >= 0.6 is 0 Å². The molecular weight excluding hydrogens is 352 g/mol. The van der Waals surface area contributed by atoms with E-state index in [-0.39, 0.29) is 17.3 Å². The Morgan fingerprint density at radius 1 is 0.679 bits per heavy atom. The third-order valence-electron chi connectivity index (χ3n) is 4.13. The van der Waals surface area contributed by atoms with E-state index in [1.807, 2.05) is 42.5 Å². The lowest BCUT2D eigenvalue weighted by molar-refractivity contribution is 0.101. The van der Waals surface area contributed by atoms with Crippen LogP contribution in [0.4, 0.5) is 11.4 Å². The molecule has 6 nitrogen and oxygen atoms in total. The maximum Gasteiger partial charge on any atom is 0.274 e. The first kappa shape index (κ1) is 17.4. The Morgan fingerprint density at radius 2 is 1.36 bits per heavy atom. The van der Waals surface area contributed by atoms with Crippen molar-refractivity contribution in [1.82, 2.24) is 9.97 Å². The summed E-state index contributed by atoms with van der Waals surface area (Å²) >= 11 is 0. The van der Waals surface area contributed by atoms with Gasteiger partial charge in [0.05, 0.1) is 11.2 Å². The van der Waals surface area contributed by atoms with E-state index in [1.165, 1.54) is 0 Å². The van der Waals surface area contributed by atoms with Gasteiger partial charge >= 0.3 is 0 Å². The molecule has 0 spiro atoms. The van der Waals surface area contributed by atoms with Gasteiger partial charge < -0.3 is 10.6 Å². The number of nitrogens with zero attached hydrogens (tertiary/aromatic N) is 2. The first-order chi connectivity index (χ1) is 13.7. The smallest absolute Gasteiger partial charge is 0.274 e. The Balaban J connectivity index is 1.55. The lowest BCUT2D eigenvalue weighted by Gasteiger charge is -2.09. The molecule has 2 heterocycles. The van der Waals surface area contributed by atoms with E-state index in [9.17, 15) is 9.59 Å². The standard InChI is InChI=1S/C22H16N4O2/c27-21(24-16-9-2-1-3-10-16)18-12-5-13-19(25-18)22(28)26-17-11-4-7-15-8-6-14-23-20(15)17/h1-14H,(H,24,27)(H,26,28). The number of nitrogens with one attached hydrogen (secondary N) is 2. The summed E-state index contributed by atoms with van der Waals surface area (Å²) in [7, 11) is 0. The Labute approximate surface area is 161 Å². The van der Waals surface area contributed by atoms with Gasteiger partial charge in [0.2, 0.25) is 0 Å². The summed E-state index contributed by atoms with van der Waals surface area (Å²) in [5.74, 6) is -0.791. The van der Waals surface area contributed by atoms with Crippen molar-refractivity contribution in [3.05, 3.63) is 96.4 Å². The average molecular weight is 368 g/mol. The van der Waals surface area contributed by atoms with Crippen LogP contribution in [0.25, 0.3) is 10.9 Å². The minimum atomic E-state index is -0.410. The van der Waals surface area contributed by atoms with Crippen molar-refractivity contribution in [2.45, 2.75) is 0 Å². The molecule has 0 radical (unpaired) electrons. The molecule has 28 heavy (non-hydrogen) atoms. The molecule has 0 fully saturated rings. The molecule has 0 bridgehead atoms. The molecule has 6 heteroatoms. The minimum Gasteiger partial charge on any atom is -0.321 e. The largest absolute Gasteiger partial charge is 0.321 e. The lowest BCUT2D eigenvalue weighted by Crippen LogP contribution is -2.18.